The minimum Gasteiger partial charge on any atom is -0.505 e. The van der Waals surface area contributed by atoms with Crippen molar-refractivity contribution < 1.29 is 24.5 Å². The molecule has 1 amide bonds. The number of carboxylic acid groups (broad SMARTS) is 1. The van der Waals surface area contributed by atoms with E-state index in [0.717, 1.165) is 11.1 Å². The fourth-order valence-corrected chi connectivity index (χ4v) is 3.52. The van der Waals surface area contributed by atoms with Crippen molar-refractivity contribution in [3.8, 4) is 22.6 Å². The van der Waals surface area contributed by atoms with Crippen molar-refractivity contribution in [3.63, 3.8) is 0 Å². The van der Waals surface area contributed by atoms with Gasteiger partial charge in [0.1, 0.15) is 11.5 Å². The molecule has 1 aliphatic rings. The van der Waals surface area contributed by atoms with Crippen LogP contribution in [0, 0.1) is 13.8 Å². The number of anilines is 2. The summed E-state index contributed by atoms with van der Waals surface area (Å²) < 4.78 is 5.14. The number of rotatable bonds is 7. The van der Waals surface area contributed by atoms with Crippen molar-refractivity contribution in [2.45, 2.75) is 20.8 Å². The number of para-hydroxylation sites is 1. The number of nitrogens with zero attached hydrogens (tertiary/aromatic N) is 3. The normalized spacial score (nSPS) is 14.3. The quantitative estimate of drug-likeness (QED) is 0.347. The van der Waals surface area contributed by atoms with Gasteiger partial charge in [0.05, 0.1) is 17.1 Å². The Kier molecular flexibility index (Phi) is 6.50. The summed E-state index contributed by atoms with van der Waals surface area (Å²) in [6.45, 7) is 5.23. The number of aromatic hydroxyl groups is 1. The molecule has 3 aromatic rings. The Bertz CT molecular complexity index is 1360. The van der Waals surface area contributed by atoms with Crippen LogP contribution in [0.4, 0.5) is 11.4 Å². The van der Waals surface area contributed by atoms with E-state index in [-0.39, 0.29) is 17.4 Å². The molecule has 178 valence electrons. The lowest BCUT2D eigenvalue weighted by Gasteiger charge is -2.13. The summed E-state index contributed by atoms with van der Waals surface area (Å²) in [5.41, 5.74) is 7.74. The van der Waals surface area contributed by atoms with Crippen LogP contribution in [-0.4, -0.2) is 40.1 Å². The van der Waals surface area contributed by atoms with Crippen molar-refractivity contribution in [2.75, 3.05) is 17.0 Å². The van der Waals surface area contributed by atoms with Crippen LogP contribution < -0.4 is 15.2 Å². The molecule has 0 saturated heterocycles. The third-order valence-electron chi connectivity index (χ3n) is 5.57. The number of aliphatic carboxylic acids is 1. The molecule has 0 fully saturated rings. The lowest BCUT2D eigenvalue weighted by molar-refractivity contribution is -0.139. The average molecular weight is 473 g/mol. The maximum Gasteiger partial charge on any atom is 0.341 e. The highest BCUT2D eigenvalue weighted by atomic mass is 16.5. The molecule has 3 N–H and O–H groups in total. The van der Waals surface area contributed by atoms with Crippen molar-refractivity contribution in [2.24, 2.45) is 10.2 Å². The van der Waals surface area contributed by atoms with Crippen LogP contribution in [0.15, 0.2) is 70.9 Å². The summed E-state index contributed by atoms with van der Waals surface area (Å²) in [7, 11) is 0. The molecule has 3 aromatic carbocycles. The van der Waals surface area contributed by atoms with Crippen LogP contribution in [0.3, 0.4) is 0 Å². The number of hydrogen-bond acceptors (Lipinski definition) is 7. The van der Waals surface area contributed by atoms with Crippen LogP contribution in [0.5, 0.6) is 11.5 Å². The van der Waals surface area contributed by atoms with Gasteiger partial charge in [-0.15, -0.1) is 0 Å². The molecule has 0 radical (unpaired) electrons. The van der Waals surface area contributed by atoms with Crippen LogP contribution in [0.2, 0.25) is 0 Å². The molecule has 0 spiro atoms. The second-order valence-electron chi connectivity index (χ2n) is 8.05. The third kappa shape index (κ3) is 4.98. The highest BCUT2D eigenvalue weighted by Crippen LogP contribution is 2.36. The van der Waals surface area contributed by atoms with Gasteiger partial charge in [0.2, 0.25) is 0 Å². The zero-order chi connectivity index (χ0) is 25.1. The second kappa shape index (κ2) is 9.68. The first-order valence-electron chi connectivity index (χ1n) is 10.8. The molecule has 4 rings (SSSR count). The summed E-state index contributed by atoms with van der Waals surface area (Å²) in [6.07, 6.45) is 0. The summed E-state index contributed by atoms with van der Waals surface area (Å²) in [4.78, 5) is 23.6. The number of carbonyl (C=O) groups excluding carboxylic acids is 1. The molecular formula is C26H24N4O5. The minimum absolute atomic E-state index is 0.0536. The van der Waals surface area contributed by atoms with Crippen LogP contribution in [0.1, 0.15) is 18.1 Å². The van der Waals surface area contributed by atoms with Gasteiger partial charge in [-0.3, -0.25) is 10.2 Å². The van der Waals surface area contributed by atoms with Gasteiger partial charge in [0, 0.05) is 5.56 Å². The monoisotopic (exact) mass is 472 g/mol. The number of carboxylic acids is 1. The van der Waals surface area contributed by atoms with Gasteiger partial charge in [-0.25, -0.2) is 4.79 Å². The van der Waals surface area contributed by atoms with E-state index >= 15 is 0 Å². The lowest BCUT2D eigenvalue weighted by atomic mass is 10.0. The number of ether oxygens (including phenoxy) is 1. The Labute approximate surface area is 202 Å². The van der Waals surface area contributed by atoms with Crippen LogP contribution in [-0.2, 0) is 9.59 Å². The van der Waals surface area contributed by atoms with Crippen molar-refractivity contribution >= 4 is 34.7 Å². The fourth-order valence-electron chi connectivity index (χ4n) is 3.52. The average Bonchev–Trinajstić information content (AvgIpc) is 3.12. The molecule has 1 aliphatic heterocycles. The number of aryl methyl sites for hydroxylation is 2. The molecule has 0 bridgehead atoms. The smallest absolute Gasteiger partial charge is 0.341 e. The molecule has 1 heterocycles. The van der Waals surface area contributed by atoms with Gasteiger partial charge >= 0.3 is 11.9 Å². The first-order chi connectivity index (χ1) is 16.7. The molecule has 0 aromatic heterocycles. The molecule has 9 heteroatoms. The van der Waals surface area contributed by atoms with Crippen molar-refractivity contribution in [1.82, 2.24) is 0 Å². The third-order valence-corrected chi connectivity index (χ3v) is 5.57. The van der Waals surface area contributed by atoms with E-state index in [1.54, 1.807) is 49.4 Å². The van der Waals surface area contributed by atoms with Gasteiger partial charge in [-0.05, 0) is 67.8 Å². The highest BCUT2D eigenvalue weighted by Gasteiger charge is 2.31. The van der Waals surface area contributed by atoms with E-state index in [1.165, 1.54) is 5.01 Å². The number of hydrazone groups is 2. The fraction of sp³-hybridized carbons (Fsp3) is 0.154. The highest BCUT2D eigenvalue weighted by molar-refractivity contribution is 6.71. The summed E-state index contributed by atoms with van der Waals surface area (Å²) in [6, 6.07) is 17.4. The van der Waals surface area contributed by atoms with Gasteiger partial charge in [-0.1, -0.05) is 30.3 Å². The molecule has 0 atom stereocenters. The SMILES string of the molecule is CC1=NN(c2ccc(C)c(C)c2)C(=O)/C1=N\Nc1cccc(-c2ccc(OCC(=O)O)cc2)c1O. The van der Waals surface area contributed by atoms with Crippen molar-refractivity contribution in [1.29, 1.82) is 0 Å². The second-order valence-corrected chi connectivity index (χ2v) is 8.05. The number of phenolic OH excluding ortho intramolecular Hbond substituents is 1. The molecule has 0 saturated carbocycles. The van der Waals surface area contributed by atoms with E-state index in [1.807, 2.05) is 32.0 Å². The van der Waals surface area contributed by atoms with E-state index in [4.69, 9.17) is 9.84 Å². The summed E-state index contributed by atoms with van der Waals surface area (Å²) in [5.74, 6) is -1.09. The number of nitrogens with one attached hydrogen (secondary N) is 1. The Morgan fingerprint density at radius 3 is 2.49 bits per heavy atom. The maximum absolute atomic E-state index is 13.0. The molecule has 35 heavy (non-hydrogen) atoms. The summed E-state index contributed by atoms with van der Waals surface area (Å²) >= 11 is 0. The van der Waals surface area contributed by atoms with Crippen LogP contribution in [0.25, 0.3) is 11.1 Å². The van der Waals surface area contributed by atoms with E-state index in [2.05, 4.69) is 15.6 Å². The van der Waals surface area contributed by atoms with Gasteiger partial charge < -0.3 is 14.9 Å². The van der Waals surface area contributed by atoms with Crippen LogP contribution >= 0.6 is 0 Å². The zero-order valence-corrected chi connectivity index (χ0v) is 19.4. The standard InChI is InChI=1S/C26H24N4O5/c1-15-7-10-19(13-16(15)2)30-26(34)24(17(3)29-30)28-27-22-6-4-5-21(25(22)33)18-8-11-20(12-9-18)35-14-23(31)32/h4-13,27,33H,14H2,1-3H3,(H,31,32)/b28-24-. The topological polar surface area (TPSA) is 124 Å². The van der Waals surface area contributed by atoms with E-state index in [0.29, 0.717) is 34.0 Å². The largest absolute Gasteiger partial charge is 0.505 e. The molecule has 0 aliphatic carbocycles. The Hall–Kier alpha value is -4.66. The summed E-state index contributed by atoms with van der Waals surface area (Å²) in [5, 5.41) is 29.4. The van der Waals surface area contributed by atoms with E-state index < -0.39 is 12.6 Å². The Balaban J connectivity index is 1.53. The lowest BCUT2D eigenvalue weighted by Crippen LogP contribution is -2.28. The molecule has 0 unspecified atom stereocenters. The minimum atomic E-state index is -1.06. The Morgan fingerprint density at radius 2 is 1.80 bits per heavy atom. The van der Waals surface area contributed by atoms with Crippen molar-refractivity contribution in [3.05, 3.63) is 71.8 Å². The molecular weight excluding hydrogens is 448 g/mol. The number of carbonyl (C=O) groups is 2. The van der Waals surface area contributed by atoms with Gasteiger partial charge in [-0.2, -0.15) is 15.2 Å². The number of amides is 1. The first kappa shape index (κ1) is 23.5. The first-order valence-corrected chi connectivity index (χ1v) is 10.8. The molecule has 9 nitrogen and oxygen atoms in total. The zero-order valence-electron chi connectivity index (χ0n) is 19.4. The van der Waals surface area contributed by atoms with Gasteiger partial charge in [0.15, 0.2) is 12.3 Å². The number of benzene rings is 3. The predicted molar refractivity (Wildman–Crippen MR) is 134 cm³/mol. The number of hydrogen-bond donors (Lipinski definition) is 3. The predicted octanol–water partition coefficient (Wildman–Crippen LogP) is 4.33. The van der Waals surface area contributed by atoms with E-state index in [9.17, 15) is 14.7 Å². The Morgan fingerprint density at radius 1 is 1.06 bits per heavy atom. The number of phenols is 1. The maximum atomic E-state index is 13.0. The van der Waals surface area contributed by atoms with Gasteiger partial charge in [0.25, 0.3) is 0 Å².